The lowest BCUT2D eigenvalue weighted by Gasteiger charge is -2.28. The first-order valence-corrected chi connectivity index (χ1v) is 10.2. The summed E-state index contributed by atoms with van der Waals surface area (Å²) in [6.45, 7) is 2.49. The highest BCUT2D eigenvalue weighted by atomic mass is 79.9. The van der Waals surface area contributed by atoms with Gasteiger partial charge in [-0.05, 0) is 42.0 Å². The van der Waals surface area contributed by atoms with E-state index in [1.165, 1.54) is 0 Å². The fraction of sp³-hybridized carbons (Fsp3) is 0.286. The molecule has 3 amide bonds. The summed E-state index contributed by atoms with van der Waals surface area (Å²) in [4.78, 5) is 37.5. The van der Waals surface area contributed by atoms with Crippen molar-refractivity contribution in [1.82, 2.24) is 16.0 Å². The predicted octanol–water partition coefficient (Wildman–Crippen LogP) is 1.82. The van der Waals surface area contributed by atoms with Crippen LogP contribution in [0.1, 0.15) is 22.3 Å². The van der Waals surface area contributed by atoms with Crippen LogP contribution in [0, 0.1) is 0 Å². The Hall–Kier alpha value is -2.87. The van der Waals surface area contributed by atoms with Gasteiger partial charge >= 0.3 is 0 Å². The Morgan fingerprint density at radius 2 is 1.76 bits per heavy atom. The van der Waals surface area contributed by atoms with Crippen LogP contribution in [0.4, 0.5) is 5.69 Å². The van der Waals surface area contributed by atoms with Gasteiger partial charge in [0.15, 0.2) is 0 Å². The Bertz CT molecular complexity index is 868. The number of carbonyl (C=O) groups is 3. The van der Waals surface area contributed by atoms with Gasteiger partial charge in [-0.25, -0.2) is 0 Å². The maximum absolute atomic E-state index is 12.0. The molecule has 8 heteroatoms. The molecule has 0 unspecified atom stereocenters. The van der Waals surface area contributed by atoms with Gasteiger partial charge < -0.3 is 20.9 Å². The van der Waals surface area contributed by atoms with E-state index in [0.717, 1.165) is 22.3 Å². The van der Waals surface area contributed by atoms with Gasteiger partial charge in [0, 0.05) is 48.3 Å². The molecule has 7 nitrogen and oxygen atoms in total. The van der Waals surface area contributed by atoms with Crippen LogP contribution >= 0.6 is 15.9 Å². The van der Waals surface area contributed by atoms with Gasteiger partial charge in [-0.3, -0.25) is 14.4 Å². The third-order valence-electron chi connectivity index (χ3n) is 4.57. The molecular formula is C21H23BrN4O3. The van der Waals surface area contributed by atoms with Gasteiger partial charge in [0.1, 0.15) is 0 Å². The van der Waals surface area contributed by atoms with Crippen LogP contribution in [-0.2, 0) is 16.1 Å². The largest absolute Gasteiger partial charge is 0.360 e. The van der Waals surface area contributed by atoms with Crippen LogP contribution in [0.3, 0.4) is 0 Å². The fourth-order valence-corrected chi connectivity index (χ4v) is 3.23. The highest BCUT2D eigenvalue weighted by molar-refractivity contribution is 9.10. The molecule has 1 aliphatic rings. The SMILES string of the molecule is O=C(CCNC(=O)c1ccc(Br)cc1)NCc1ccc(N2CCNC(=O)C2)cc1. The summed E-state index contributed by atoms with van der Waals surface area (Å²) in [7, 11) is 0. The van der Waals surface area contributed by atoms with E-state index < -0.39 is 0 Å². The molecule has 0 saturated carbocycles. The lowest BCUT2D eigenvalue weighted by molar-refractivity contribution is -0.121. The Morgan fingerprint density at radius 3 is 2.45 bits per heavy atom. The van der Waals surface area contributed by atoms with Crippen molar-refractivity contribution in [3.63, 3.8) is 0 Å². The summed E-state index contributed by atoms with van der Waals surface area (Å²) in [5.74, 6) is -0.301. The van der Waals surface area contributed by atoms with E-state index in [1.807, 2.05) is 29.2 Å². The van der Waals surface area contributed by atoms with Crippen molar-refractivity contribution in [2.45, 2.75) is 13.0 Å². The number of halogens is 1. The van der Waals surface area contributed by atoms with Gasteiger partial charge in [-0.1, -0.05) is 28.1 Å². The van der Waals surface area contributed by atoms with E-state index >= 15 is 0 Å². The molecular weight excluding hydrogens is 436 g/mol. The smallest absolute Gasteiger partial charge is 0.251 e. The Kier molecular flexibility index (Phi) is 7.24. The van der Waals surface area contributed by atoms with Crippen LogP contribution in [0.15, 0.2) is 53.0 Å². The first-order valence-electron chi connectivity index (χ1n) is 9.42. The molecule has 1 saturated heterocycles. The maximum Gasteiger partial charge on any atom is 0.251 e. The topological polar surface area (TPSA) is 90.5 Å². The van der Waals surface area contributed by atoms with Crippen molar-refractivity contribution in [2.24, 2.45) is 0 Å². The number of anilines is 1. The summed E-state index contributed by atoms with van der Waals surface area (Å²) < 4.78 is 0.905. The number of nitrogens with zero attached hydrogens (tertiary/aromatic N) is 1. The number of nitrogens with one attached hydrogen (secondary N) is 3. The van der Waals surface area contributed by atoms with Crippen molar-refractivity contribution in [1.29, 1.82) is 0 Å². The molecule has 1 fully saturated rings. The fourth-order valence-electron chi connectivity index (χ4n) is 2.97. The molecule has 3 N–H and O–H groups in total. The molecule has 0 aliphatic carbocycles. The zero-order valence-electron chi connectivity index (χ0n) is 15.9. The van der Waals surface area contributed by atoms with Crippen LogP contribution in [0.2, 0.25) is 0 Å². The van der Waals surface area contributed by atoms with Crippen LogP contribution < -0.4 is 20.9 Å². The second kappa shape index (κ2) is 10.1. The third kappa shape index (κ3) is 6.32. The van der Waals surface area contributed by atoms with E-state index in [9.17, 15) is 14.4 Å². The van der Waals surface area contributed by atoms with Crippen molar-refractivity contribution in [2.75, 3.05) is 31.1 Å². The van der Waals surface area contributed by atoms with Crippen molar-refractivity contribution >= 4 is 39.3 Å². The van der Waals surface area contributed by atoms with Gasteiger partial charge in [-0.2, -0.15) is 0 Å². The summed E-state index contributed by atoms with van der Waals surface area (Å²) in [6, 6.07) is 14.8. The van der Waals surface area contributed by atoms with Gasteiger partial charge in [0.25, 0.3) is 5.91 Å². The molecule has 0 aromatic heterocycles. The predicted molar refractivity (Wildman–Crippen MR) is 115 cm³/mol. The highest BCUT2D eigenvalue weighted by Gasteiger charge is 2.16. The molecule has 0 radical (unpaired) electrons. The number of hydrogen-bond donors (Lipinski definition) is 3. The van der Waals surface area contributed by atoms with Crippen LogP contribution in [0.5, 0.6) is 0 Å². The molecule has 2 aromatic carbocycles. The monoisotopic (exact) mass is 458 g/mol. The molecule has 1 heterocycles. The van der Waals surface area contributed by atoms with E-state index in [2.05, 4.69) is 31.9 Å². The molecule has 29 heavy (non-hydrogen) atoms. The number of benzene rings is 2. The first kappa shape index (κ1) is 20.9. The first-order chi connectivity index (χ1) is 14.0. The lowest BCUT2D eigenvalue weighted by Crippen LogP contribution is -2.47. The van der Waals surface area contributed by atoms with Crippen LogP contribution in [-0.4, -0.2) is 43.9 Å². The molecule has 1 aliphatic heterocycles. The highest BCUT2D eigenvalue weighted by Crippen LogP contribution is 2.16. The average Bonchev–Trinajstić information content (AvgIpc) is 2.73. The molecule has 0 spiro atoms. The molecule has 2 aromatic rings. The minimum absolute atomic E-state index is 0.0276. The quantitative estimate of drug-likeness (QED) is 0.590. The van der Waals surface area contributed by atoms with E-state index in [1.54, 1.807) is 24.3 Å². The molecule has 3 rings (SSSR count). The van der Waals surface area contributed by atoms with Crippen LogP contribution in [0.25, 0.3) is 0 Å². The number of piperazine rings is 1. The Morgan fingerprint density at radius 1 is 1.03 bits per heavy atom. The molecule has 0 atom stereocenters. The van der Waals surface area contributed by atoms with Crippen molar-refractivity contribution < 1.29 is 14.4 Å². The standard InChI is InChI=1S/C21H23BrN4O3/c22-17-5-3-16(4-6-17)21(29)24-10-9-19(27)25-13-15-1-7-18(8-2-15)26-12-11-23-20(28)14-26/h1-8H,9-14H2,(H,23,28)(H,24,29)(H,25,27). The Balaban J connectivity index is 1.38. The second-order valence-corrected chi connectivity index (χ2v) is 7.64. The molecule has 152 valence electrons. The van der Waals surface area contributed by atoms with E-state index in [0.29, 0.717) is 25.2 Å². The van der Waals surface area contributed by atoms with Crippen molar-refractivity contribution in [3.05, 3.63) is 64.1 Å². The average molecular weight is 459 g/mol. The van der Waals surface area contributed by atoms with Gasteiger partial charge in [0.2, 0.25) is 11.8 Å². The second-order valence-electron chi connectivity index (χ2n) is 6.73. The zero-order valence-corrected chi connectivity index (χ0v) is 17.5. The van der Waals surface area contributed by atoms with Crippen molar-refractivity contribution in [3.8, 4) is 0 Å². The zero-order chi connectivity index (χ0) is 20.6. The summed E-state index contributed by atoms with van der Waals surface area (Å²) in [5.41, 5.74) is 2.52. The lowest BCUT2D eigenvalue weighted by atomic mass is 10.1. The summed E-state index contributed by atoms with van der Waals surface area (Å²) in [5, 5.41) is 8.40. The number of amides is 3. The third-order valence-corrected chi connectivity index (χ3v) is 5.10. The number of hydrogen-bond acceptors (Lipinski definition) is 4. The summed E-state index contributed by atoms with van der Waals surface area (Å²) in [6.07, 6.45) is 0.212. The number of carbonyl (C=O) groups excluding carboxylic acids is 3. The normalized spacial score (nSPS) is 13.6. The maximum atomic E-state index is 12.0. The van der Waals surface area contributed by atoms with E-state index in [4.69, 9.17) is 0 Å². The minimum Gasteiger partial charge on any atom is -0.360 e. The van der Waals surface area contributed by atoms with Gasteiger partial charge in [-0.15, -0.1) is 0 Å². The van der Waals surface area contributed by atoms with E-state index in [-0.39, 0.29) is 30.7 Å². The summed E-state index contributed by atoms with van der Waals surface area (Å²) >= 11 is 3.33. The van der Waals surface area contributed by atoms with Gasteiger partial charge in [0.05, 0.1) is 6.54 Å². The molecule has 0 bridgehead atoms. The minimum atomic E-state index is -0.202. The number of rotatable bonds is 7. The Labute approximate surface area is 178 Å².